The van der Waals surface area contributed by atoms with E-state index < -0.39 is 8.80 Å². The fourth-order valence-electron chi connectivity index (χ4n) is 0.615. The minimum absolute atomic E-state index is 0.517. The lowest BCUT2D eigenvalue weighted by Gasteiger charge is -2.21. The third-order valence-electron chi connectivity index (χ3n) is 1.21. The molecule has 0 radical (unpaired) electrons. The van der Waals surface area contributed by atoms with Gasteiger partial charge in [0.15, 0.2) is 0 Å². The topological polar surface area (TPSA) is 27.7 Å². The highest BCUT2D eigenvalue weighted by molar-refractivity contribution is 7.80. The van der Waals surface area contributed by atoms with Gasteiger partial charge in [-0.15, -0.1) is 0 Å². The minimum atomic E-state index is -2.52. The van der Waals surface area contributed by atoms with Crippen molar-refractivity contribution in [1.82, 2.24) is 0 Å². The zero-order chi connectivity index (χ0) is 8.74. The van der Waals surface area contributed by atoms with Crippen LogP contribution in [-0.4, -0.2) is 35.4 Å². The molecule has 3 nitrogen and oxygen atoms in total. The predicted octanol–water partition coefficient (Wildman–Crippen LogP) is 0.890. The summed E-state index contributed by atoms with van der Waals surface area (Å²) in [6.45, 7) is 4.11. The molecule has 66 valence electrons. The molecular weight excluding hydrogens is 180 g/mol. The molecule has 0 spiro atoms. The third-order valence-corrected chi connectivity index (χ3v) is 3.64. The van der Waals surface area contributed by atoms with Gasteiger partial charge < -0.3 is 13.3 Å². The Balaban J connectivity index is 3.94. The predicted molar refractivity (Wildman–Crippen MR) is 49.8 cm³/mol. The van der Waals surface area contributed by atoms with Crippen LogP contribution in [0.2, 0.25) is 0 Å². The molecule has 0 fully saturated rings. The van der Waals surface area contributed by atoms with Gasteiger partial charge in [0.2, 0.25) is 0 Å². The monoisotopic (exact) mass is 194 g/mol. The van der Waals surface area contributed by atoms with Crippen LogP contribution in [0.1, 0.15) is 0 Å². The molecule has 0 aromatic carbocycles. The highest BCUT2D eigenvalue weighted by Gasteiger charge is 2.34. The fourth-order valence-corrected chi connectivity index (χ4v) is 2.12. The van der Waals surface area contributed by atoms with Gasteiger partial charge in [-0.05, 0) is 5.70 Å². The average molecular weight is 194 g/mol. The van der Waals surface area contributed by atoms with Crippen LogP contribution in [0, 0.1) is 0 Å². The first-order chi connectivity index (χ1) is 5.24. The quantitative estimate of drug-likeness (QED) is 0.503. The van der Waals surface area contributed by atoms with Gasteiger partial charge in [0.25, 0.3) is 0 Å². The molecule has 11 heavy (non-hydrogen) atoms. The lowest BCUT2D eigenvalue weighted by atomic mass is 10.9. The molecule has 0 aromatic rings. The second-order valence-electron chi connectivity index (χ2n) is 1.79. The first kappa shape index (κ1) is 11.2. The first-order valence-electron chi connectivity index (χ1n) is 3.23. The van der Waals surface area contributed by atoms with E-state index in [2.05, 4.69) is 19.2 Å². The Labute approximate surface area is 74.1 Å². The molecule has 0 heterocycles. The molecule has 0 saturated carbocycles. The molecule has 0 rings (SSSR count). The molecule has 0 aliphatic heterocycles. The van der Waals surface area contributed by atoms with Crippen LogP contribution in [0.15, 0.2) is 12.3 Å². The van der Waals surface area contributed by atoms with Crippen LogP contribution in [0.25, 0.3) is 0 Å². The average Bonchev–Trinajstić information content (AvgIpc) is 2.08. The Hall–Kier alpha value is 0.187. The summed E-state index contributed by atoms with van der Waals surface area (Å²) in [5.74, 6) is 0.648. The summed E-state index contributed by atoms with van der Waals surface area (Å²) >= 11 is 4.00. The van der Waals surface area contributed by atoms with Crippen molar-refractivity contribution in [3.05, 3.63) is 12.3 Å². The molecule has 0 unspecified atom stereocenters. The minimum Gasteiger partial charge on any atom is -0.374 e. The molecule has 0 amide bonds. The van der Waals surface area contributed by atoms with Crippen LogP contribution < -0.4 is 0 Å². The lowest BCUT2D eigenvalue weighted by molar-refractivity contribution is 0.119. The van der Waals surface area contributed by atoms with Gasteiger partial charge >= 0.3 is 8.80 Å². The van der Waals surface area contributed by atoms with E-state index in [1.165, 1.54) is 0 Å². The molecular formula is C6H14O3SSi. The van der Waals surface area contributed by atoms with Gasteiger partial charge in [-0.3, -0.25) is 0 Å². The Morgan fingerprint density at radius 1 is 1.45 bits per heavy atom. The molecule has 0 aliphatic carbocycles. The van der Waals surface area contributed by atoms with E-state index in [4.69, 9.17) is 13.3 Å². The van der Waals surface area contributed by atoms with Crippen molar-refractivity contribution >= 4 is 21.4 Å². The molecule has 0 aromatic heterocycles. The maximum absolute atomic E-state index is 5.33. The van der Waals surface area contributed by atoms with Gasteiger partial charge in [-0.1, -0.05) is 6.58 Å². The zero-order valence-corrected chi connectivity index (χ0v) is 8.77. The summed E-state index contributed by atoms with van der Waals surface area (Å²) < 4.78 is 15.5. The Kier molecular flexibility index (Phi) is 5.89. The van der Waals surface area contributed by atoms with E-state index >= 15 is 0 Å². The molecule has 0 N–H and O–H groups in total. The summed E-state index contributed by atoms with van der Waals surface area (Å²) in [5.41, 5.74) is 1.59. The van der Waals surface area contributed by atoms with Gasteiger partial charge in [-0.2, -0.15) is 12.6 Å². The Bertz CT molecular complexity index is 116. The van der Waals surface area contributed by atoms with Crippen LogP contribution in [0.3, 0.4) is 0 Å². The van der Waals surface area contributed by atoms with Crippen LogP contribution in [0.5, 0.6) is 0 Å². The van der Waals surface area contributed by atoms with Crippen LogP contribution in [-0.2, 0) is 13.3 Å². The molecule has 0 saturated heterocycles. The van der Waals surface area contributed by atoms with Gasteiger partial charge in [-0.25, -0.2) is 0 Å². The summed E-state index contributed by atoms with van der Waals surface area (Å²) in [4.78, 5) is 0. The standard InChI is InChI=1S/C6H14O3SSi/c1-4-11(7-2,8-3)9-5-6-10/h4,10H,1,5-6H2,2-3H3. The highest BCUT2D eigenvalue weighted by Crippen LogP contribution is 2.07. The van der Waals surface area contributed by atoms with Crippen molar-refractivity contribution in [2.24, 2.45) is 0 Å². The summed E-state index contributed by atoms with van der Waals surface area (Å²) in [5, 5.41) is 0. The largest absolute Gasteiger partial charge is 0.528 e. The van der Waals surface area contributed by atoms with Gasteiger partial charge in [0.05, 0.1) is 0 Å². The lowest BCUT2D eigenvalue weighted by Crippen LogP contribution is -2.42. The van der Waals surface area contributed by atoms with Gasteiger partial charge in [0, 0.05) is 26.6 Å². The number of thiol groups is 1. The van der Waals surface area contributed by atoms with E-state index in [1.807, 2.05) is 0 Å². The third kappa shape index (κ3) is 3.39. The number of hydrogen-bond acceptors (Lipinski definition) is 4. The van der Waals surface area contributed by atoms with Crippen molar-refractivity contribution in [2.45, 2.75) is 0 Å². The molecule has 0 aliphatic rings. The van der Waals surface area contributed by atoms with Crippen molar-refractivity contribution in [1.29, 1.82) is 0 Å². The second kappa shape index (κ2) is 5.79. The highest BCUT2D eigenvalue weighted by atomic mass is 32.1. The van der Waals surface area contributed by atoms with Gasteiger partial charge in [0.1, 0.15) is 0 Å². The Morgan fingerprint density at radius 2 is 2.00 bits per heavy atom. The van der Waals surface area contributed by atoms with E-state index in [1.54, 1.807) is 19.9 Å². The van der Waals surface area contributed by atoms with Crippen molar-refractivity contribution in [3.63, 3.8) is 0 Å². The van der Waals surface area contributed by atoms with Crippen molar-refractivity contribution < 1.29 is 13.3 Å². The normalized spacial score (nSPS) is 11.5. The van der Waals surface area contributed by atoms with Crippen molar-refractivity contribution in [2.75, 3.05) is 26.6 Å². The summed E-state index contributed by atoms with van der Waals surface area (Å²) in [6.07, 6.45) is 0. The van der Waals surface area contributed by atoms with E-state index in [0.29, 0.717) is 12.4 Å². The van der Waals surface area contributed by atoms with Crippen LogP contribution in [0.4, 0.5) is 0 Å². The first-order valence-corrected chi connectivity index (χ1v) is 5.67. The summed E-state index contributed by atoms with van der Waals surface area (Å²) in [7, 11) is 0.580. The van der Waals surface area contributed by atoms with E-state index in [-0.39, 0.29) is 0 Å². The fraction of sp³-hybridized carbons (Fsp3) is 0.667. The molecule has 0 bridgehead atoms. The maximum atomic E-state index is 5.33. The number of rotatable bonds is 6. The van der Waals surface area contributed by atoms with Crippen molar-refractivity contribution in [3.8, 4) is 0 Å². The second-order valence-corrected chi connectivity index (χ2v) is 4.96. The molecule has 0 atom stereocenters. The smallest absolute Gasteiger partial charge is 0.374 e. The zero-order valence-electron chi connectivity index (χ0n) is 6.87. The maximum Gasteiger partial charge on any atom is 0.528 e. The molecule has 5 heteroatoms. The van der Waals surface area contributed by atoms with Crippen LogP contribution >= 0.6 is 12.6 Å². The van der Waals surface area contributed by atoms with E-state index in [0.717, 1.165) is 0 Å². The number of hydrogen-bond donors (Lipinski definition) is 1. The summed E-state index contributed by atoms with van der Waals surface area (Å²) in [6, 6.07) is 0. The Morgan fingerprint density at radius 3 is 2.27 bits per heavy atom. The van der Waals surface area contributed by atoms with E-state index in [9.17, 15) is 0 Å². The SMILES string of the molecule is C=C[Si](OC)(OC)OCCS.